The van der Waals surface area contributed by atoms with Gasteiger partial charge in [-0.2, -0.15) is 5.26 Å². The lowest BCUT2D eigenvalue weighted by Crippen LogP contribution is -1.94. The highest BCUT2D eigenvalue weighted by molar-refractivity contribution is 7.99. The zero-order chi connectivity index (χ0) is 11.7. The van der Waals surface area contributed by atoms with Crippen LogP contribution in [0.25, 0.3) is 0 Å². The Morgan fingerprint density at radius 3 is 3.12 bits per heavy atom. The average molecular weight is 243 g/mol. The van der Waals surface area contributed by atoms with E-state index in [9.17, 15) is 0 Å². The van der Waals surface area contributed by atoms with Gasteiger partial charge in [-0.25, -0.2) is 9.97 Å². The summed E-state index contributed by atoms with van der Waals surface area (Å²) in [6.07, 6.45) is 6.25. The first-order chi connectivity index (χ1) is 8.36. The Morgan fingerprint density at radius 1 is 1.41 bits per heavy atom. The van der Waals surface area contributed by atoms with Crippen LogP contribution in [0.5, 0.6) is 0 Å². The fourth-order valence-electron chi connectivity index (χ4n) is 1.95. The standard InChI is InChI=1S/C12H9N3OS/c13-7-9-6-8-2-1-3-10(8)15-11(9)17-12-14-4-5-16-12/h4-6H,1-3H2. The number of nitrogens with zero attached hydrogens (tertiary/aromatic N) is 3. The van der Waals surface area contributed by atoms with Crippen LogP contribution in [-0.4, -0.2) is 9.97 Å². The highest BCUT2D eigenvalue weighted by Crippen LogP contribution is 2.31. The molecule has 0 fully saturated rings. The van der Waals surface area contributed by atoms with Gasteiger partial charge in [0.15, 0.2) is 0 Å². The van der Waals surface area contributed by atoms with Crippen LogP contribution in [0.3, 0.4) is 0 Å². The van der Waals surface area contributed by atoms with Gasteiger partial charge in [-0.1, -0.05) is 0 Å². The van der Waals surface area contributed by atoms with E-state index < -0.39 is 0 Å². The number of aryl methyl sites for hydroxylation is 2. The predicted octanol–water partition coefficient (Wildman–Crippen LogP) is 2.58. The second-order valence-corrected chi connectivity index (χ2v) is 4.75. The normalized spacial score (nSPS) is 13.4. The van der Waals surface area contributed by atoms with Gasteiger partial charge < -0.3 is 4.42 Å². The predicted molar refractivity (Wildman–Crippen MR) is 61.6 cm³/mol. The molecule has 0 radical (unpaired) electrons. The van der Waals surface area contributed by atoms with Crippen molar-refractivity contribution in [2.75, 3.05) is 0 Å². The first kappa shape index (κ1) is 10.4. The lowest BCUT2D eigenvalue weighted by molar-refractivity contribution is 0.454. The Hall–Kier alpha value is -1.80. The van der Waals surface area contributed by atoms with Gasteiger partial charge in [0.1, 0.15) is 17.4 Å². The zero-order valence-corrected chi connectivity index (χ0v) is 9.83. The second-order valence-electron chi connectivity index (χ2n) is 3.81. The molecule has 0 saturated carbocycles. The summed E-state index contributed by atoms with van der Waals surface area (Å²) in [6.45, 7) is 0. The van der Waals surface area contributed by atoms with E-state index in [2.05, 4.69) is 16.0 Å². The van der Waals surface area contributed by atoms with Gasteiger partial charge in [0, 0.05) is 5.69 Å². The summed E-state index contributed by atoms with van der Waals surface area (Å²) < 4.78 is 5.16. The largest absolute Gasteiger partial charge is 0.440 e. The number of aromatic nitrogens is 2. The van der Waals surface area contributed by atoms with E-state index in [0.29, 0.717) is 15.8 Å². The molecule has 3 rings (SSSR count). The summed E-state index contributed by atoms with van der Waals surface area (Å²) in [4.78, 5) is 8.57. The van der Waals surface area contributed by atoms with Gasteiger partial charge in [0.2, 0.25) is 0 Å². The van der Waals surface area contributed by atoms with Crippen molar-refractivity contribution < 1.29 is 4.42 Å². The van der Waals surface area contributed by atoms with E-state index >= 15 is 0 Å². The smallest absolute Gasteiger partial charge is 0.262 e. The molecule has 2 heterocycles. The molecule has 0 spiro atoms. The van der Waals surface area contributed by atoms with Crippen LogP contribution >= 0.6 is 11.8 Å². The van der Waals surface area contributed by atoms with Crippen molar-refractivity contribution in [1.82, 2.24) is 9.97 Å². The summed E-state index contributed by atoms with van der Waals surface area (Å²) in [5.74, 6) is 0. The third-order valence-corrected chi connectivity index (χ3v) is 3.61. The molecule has 0 atom stereocenters. The molecule has 0 unspecified atom stereocenters. The van der Waals surface area contributed by atoms with E-state index in [-0.39, 0.29) is 0 Å². The van der Waals surface area contributed by atoms with E-state index in [0.717, 1.165) is 25.0 Å². The zero-order valence-electron chi connectivity index (χ0n) is 9.01. The Bertz CT molecular complexity index is 587. The summed E-state index contributed by atoms with van der Waals surface area (Å²) >= 11 is 1.30. The fourth-order valence-corrected chi connectivity index (χ4v) is 2.71. The second kappa shape index (κ2) is 4.22. The molecule has 4 nitrogen and oxygen atoms in total. The van der Waals surface area contributed by atoms with E-state index in [1.807, 2.05) is 6.07 Å². The Balaban J connectivity index is 2.01. The minimum absolute atomic E-state index is 0.520. The molecule has 0 amide bonds. The minimum Gasteiger partial charge on any atom is -0.440 e. The van der Waals surface area contributed by atoms with Gasteiger partial charge in [0.05, 0.1) is 11.8 Å². The summed E-state index contributed by atoms with van der Waals surface area (Å²) in [5, 5.41) is 10.3. The van der Waals surface area contributed by atoms with Crippen LogP contribution in [0.2, 0.25) is 0 Å². The number of oxazole rings is 1. The maximum atomic E-state index is 9.12. The lowest BCUT2D eigenvalue weighted by atomic mass is 10.2. The lowest BCUT2D eigenvalue weighted by Gasteiger charge is -2.04. The van der Waals surface area contributed by atoms with Crippen LogP contribution in [0.1, 0.15) is 23.2 Å². The molecule has 1 aliphatic rings. The van der Waals surface area contributed by atoms with E-state index in [1.165, 1.54) is 23.6 Å². The first-order valence-corrected chi connectivity index (χ1v) is 6.18. The molecule has 2 aromatic heterocycles. The quantitative estimate of drug-likeness (QED) is 0.811. The number of fused-ring (bicyclic) bond motifs is 1. The topological polar surface area (TPSA) is 62.7 Å². The summed E-state index contributed by atoms with van der Waals surface area (Å²) in [7, 11) is 0. The van der Waals surface area contributed by atoms with Gasteiger partial charge >= 0.3 is 0 Å². The van der Waals surface area contributed by atoms with E-state index in [4.69, 9.17) is 9.68 Å². The average Bonchev–Trinajstić information content (AvgIpc) is 2.98. The van der Waals surface area contributed by atoms with Crippen LogP contribution in [0.15, 0.2) is 33.2 Å². The van der Waals surface area contributed by atoms with Crippen molar-refractivity contribution in [1.29, 1.82) is 5.26 Å². The molecule has 5 heteroatoms. The van der Waals surface area contributed by atoms with Gasteiger partial charge in [-0.3, -0.25) is 0 Å². The Morgan fingerprint density at radius 2 is 2.35 bits per heavy atom. The molecule has 17 heavy (non-hydrogen) atoms. The van der Waals surface area contributed by atoms with Gasteiger partial charge in [0.25, 0.3) is 5.22 Å². The van der Waals surface area contributed by atoms with Crippen molar-refractivity contribution in [3.63, 3.8) is 0 Å². The van der Waals surface area contributed by atoms with E-state index in [1.54, 1.807) is 6.20 Å². The molecule has 84 valence electrons. The van der Waals surface area contributed by atoms with Crippen LogP contribution in [0.4, 0.5) is 0 Å². The monoisotopic (exact) mass is 243 g/mol. The first-order valence-electron chi connectivity index (χ1n) is 5.37. The number of nitriles is 1. The SMILES string of the molecule is N#Cc1cc2c(nc1Sc1ncco1)CCC2. The molecular formula is C12H9N3OS. The van der Waals surface area contributed by atoms with Crippen molar-refractivity contribution in [2.24, 2.45) is 0 Å². The molecule has 0 saturated heterocycles. The van der Waals surface area contributed by atoms with Gasteiger partial charge in [-0.05, 0) is 42.7 Å². The van der Waals surface area contributed by atoms with Crippen molar-refractivity contribution in [3.8, 4) is 6.07 Å². The Kier molecular flexibility index (Phi) is 2.57. The third kappa shape index (κ3) is 1.92. The number of pyridine rings is 1. The minimum atomic E-state index is 0.520. The molecule has 0 aliphatic heterocycles. The van der Waals surface area contributed by atoms with Crippen molar-refractivity contribution >= 4 is 11.8 Å². The molecule has 0 bridgehead atoms. The van der Waals surface area contributed by atoms with Crippen molar-refractivity contribution in [3.05, 3.63) is 35.3 Å². The number of hydrogen-bond acceptors (Lipinski definition) is 5. The van der Waals surface area contributed by atoms with Crippen LogP contribution in [0, 0.1) is 11.3 Å². The summed E-state index contributed by atoms with van der Waals surface area (Å²) in [6, 6.07) is 4.13. The highest BCUT2D eigenvalue weighted by Gasteiger charge is 2.17. The maximum Gasteiger partial charge on any atom is 0.262 e. The molecule has 0 N–H and O–H groups in total. The van der Waals surface area contributed by atoms with Crippen LogP contribution < -0.4 is 0 Å². The molecular weight excluding hydrogens is 234 g/mol. The Labute approximate surface area is 103 Å². The molecule has 0 aromatic carbocycles. The van der Waals surface area contributed by atoms with Gasteiger partial charge in [-0.15, -0.1) is 0 Å². The highest BCUT2D eigenvalue weighted by atomic mass is 32.2. The maximum absolute atomic E-state index is 9.12. The van der Waals surface area contributed by atoms with Crippen LogP contribution in [-0.2, 0) is 12.8 Å². The fraction of sp³-hybridized carbons (Fsp3) is 0.250. The van der Waals surface area contributed by atoms with Crippen molar-refractivity contribution in [2.45, 2.75) is 29.5 Å². The number of hydrogen-bond donors (Lipinski definition) is 0. The summed E-state index contributed by atoms with van der Waals surface area (Å²) in [5.41, 5.74) is 2.92. The third-order valence-electron chi connectivity index (χ3n) is 2.73. The molecule has 1 aliphatic carbocycles. The number of rotatable bonds is 2. The molecule has 2 aromatic rings.